The smallest absolute Gasteiger partial charge is 0.250 e. The lowest BCUT2D eigenvalue weighted by Crippen LogP contribution is -3.00. The fourth-order valence-electron chi connectivity index (χ4n) is 6.00. The van der Waals surface area contributed by atoms with Gasteiger partial charge in [0.05, 0.1) is 0 Å². The summed E-state index contributed by atoms with van der Waals surface area (Å²) in [7, 11) is 0. The Labute approximate surface area is 190 Å². The molecule has 214 valence electrons. The molecule has 2 rings (SSSR count). The molecule has 0 nitrogen and oxygen atoms in total. The Morgan fingerprint density at radius 3 is 0.917 bits per heavy atom. The highest BCUT2D eigenvalue weighted by molar-refractivity contribution is 5.45. The van der Waals surface area contributed by atoms with Crippen molar-refractivity contribution in [3.63, 3.8) is 0 Å². The number of hydrogen-bond acceptors (Lipinski definition) is 0. The van der Waals surface area contributed by atoms with Crippen LogP contribution < -0.4 is 0 Å². The quantitative estimate of drug-likeness (QED) is 0.291. The molecule has 36 heavy (non-hydrogen) atoms. The lowest BCUT2D eigenvalue weighted by Gasteiger charge is -2.74. The van der Waals surface area contributed by atoms with E-state index in [9.17, 15) is 30.7 Å². The molecule has 0 heterocycles. The van der Waals surface area contributed by atoms with Crippen LogP contribution in [0.5, 0.6) is 0 Å². The van der Waals surface area contributed by atoms with Crippen LogP contribution in [0.1, 0.15) is 34.1 Å². The third-order valence-electron chi connectivity index (χ3n) is 7.65. The molecule has 2 fully saturated rings. The van der Waals surface area contributed by atoms with Crippen LogP contribution in [0, 0.1) is 16.2 Å². The number of halogens is 18. The molecule has 2 unspecified atom stereocenters. The van der Waals surface area contributed by atoms with E-state index in [0.29, 0.717) is 0 Å². The van der Waals surface area contributed by atoms with E-state index in [0.717, 1.165) is 0 Å². The van der Waals surface area contributed by atoms with E-state index >= 15 is 48.3 Å². The summed E-state index contributed by atoms with van der Waals surface area (Å²) in [4.78, 5) is 0. The van der Waals surface area contributed by atoms with E-state index < -0.39 is 103 Å². The molecule has 2 aliphatic carbocycles. The molecule has 0 aromatic heterocycles. The minimum atomic E-state index is -8.19. The van der Waals surface area contributed by atoms with Crippen molar-refractivity contribution in [1.82, 2.24) is 0 Å². The van der Waals surface area contributed by atoms with Gasteiger partial charge in [0.2, 0.25) is 10.8 Å². The van der Waals surface area contributed by atoms with Crippen molar-refractivity contribution in [3.05, 3.63) is 0 Å². The first-order chi connectivity index (χ1) is 15.4. The van der Waals surface area contributed by atoms with Crippen molar-refractivity contribution >= 4 is 0 Å². The van der Waals surface area contributed by atoms with Crippen molar-refractivity contribution in [2.45, 2.75) is 87.2 Å². The van der Waals surface area contributed by atoms with Gasteiger partial charge in [0.15, 0.2) is 0 Å². The zero-order valence-electron chi connectivity index (χ0n) is 18.2. The van der Waals surface area contributed by atoms with Gasteiger partial charge in [0.25, 0.3) is 35.5 Å². The summed E-state index contributed by atoms with van der Waals surface area (Å²) in [6, 6.07) is 0. The maximum absolute atomic E-state index is 15.5. The van der Waals surface area contributed by atoms with Crippen molar-refractivity contribution < 1.29 is 79.0 Å². The van der Waals surface area contributed by atoms with Crippen LogP contribution >= 0.6 is 0 Å². The van der Waals surface area contributed by atoms with Gasteiger partial charge < -0.3 is 0 Å². The van der Waals surface area contributed by atoms with Crippen molar-refractivity contribution in [2.24, 2.45) is 16.2 Å². The molecule has 2 aliphatic rings. The standard InChI is InChI=1S/C18H16F18/c1-5-10(6-19)14(27,28)11(7(2,20)21)16(31,32)12(8(3,22)23,15(10,29)30)18(35,36)13(26,9(4,24)25)17(11,33)34/h5-6H2,1-4H3. The van der Waals surface area contributed by atoms with Gasteiger partial charge in [0.1, 0.15) is 12.1 Å². The van der Waals surface area contributed by atoms with Gasteiger partial charge in [-0.1, -0.05) is 6.92 Å². The van der Waals surface area contributed by atoms with Gasteiger partial charge in [-0.25, -0.2) is 74.6 Å². The summed E-state index contributed by atoms with van der Waals surface area (Å²) in [6.07, 6.45) is -2.62. The molecular formula is C18H16F18. The monoisotopic (exact) mass is 574 g/mol. The summed E-state index contributed by atoms with van der Waals surface area (Å²) in [6.45, 7) is -8.15. The molecule has 0 aromatic carbocycles. The first kappa shape index (κ1) is 31.0. The Bertz CT molecular complexity index is 840. The Kier molecular flexibility index (Phi) is 5.88. The van der Waals surface area contributed by atoms with Crippen LogP contribution in [0.4, 0.5) is 79.0 Å². The highest BCUT2D eigenvalue weighted by atomic mass is 19.3. The number of fused-ring (bicyclic) bond motifs is 2. The first-order valence-electron chi connectivity index (χ1n) is 9.64. The van der Waals surface area contributed by atoms with E-state index in [1.807, 2.05) is 0 Å². The van der Waals surface area contributed by atoms with E-state index in [1.54, 1.807) is 0 Å². The average Bonchev–Trinajstić information content (AvgIpc) is 2.55. The van der Waals surface area contributed by atoms with E-state index in [-0.39, 0.29) is 6.92 Å². The Balaban J connectivity index is 3.68. The maximum atomic E-state index is 15.5. The minimum absolute atomic E-state index is 0.142. The molecule has 18 heteroatoms. The molecule has 0 saturated heterocycles. The summed E-state index contributed by atoms with van der Waals surface area (Å²) in [5, 5.41) is 0. The predicted molar refractivity (Wildman–Crippen MR) is 84.0 cm³/mol. The number of hydrogen-bond donors (Lipinski definition) is 0. The average molecular weight is 574 g/mol. The molecule has 0 amide bonds. The van der Waals surface area contributed by atoms with Crippen LogP contribution in [-0.4, -0.2) is 59.7 Å². The third kappa shape index (κ3) is 2.23. The van der Waals surface area contributed by atoms with Gasteiger partial charge in [-0.05, 0) is 6.42 Å². The molecule has 0 aromatic rings. The third-order valence-corrected chi connectivity index (χ3v) is 7.65. The highest BCUT2D eigenvalue weighted by Gasteiger charge is 3.16. The van der Waals surface area contributed by atoms with Crippen molar-refractivity contribution in [3.8, 4) is 0 Å². The molecule has 2 bridgehead atoms. The number of alkyl halides is 18. The van der Waals surface area contributed by atoms with Crippen molar-refractivity contribution in [1.29, 1.82) is 0 Å². The molecular weight excluding hydrogens is 558 g/mol. The Morgan fingerprint density at radius 1 is 0.472 bits per heavy atom. The van der Waals surface area contributed by atoms with E-state index in [1.165, 1.54) is 0 Å². The van der Waals surface area contributed by atoms with Crippen LogP contribution in [0.25, 0.3) is 0 Å². The second-order valence-corrected chi connectivity index (χ2v) is 9.26. The molecule has 2 atom stereocenters. The zero-order chi connectivity index (χ0) is 29.4. The molecule has 0 aliphatic heterocycles. The fourth-order valence-corrected chi connectivity index (χ4v) is 6.00. The maximum Gasteiger partial charge on any atom is 0.316 e. The van der Waals surface area contributed by atoms with Gasteiger partial charge in [-0.3, -0.25) is 4.39 Å². The minimum Gasteiger partial charge on any atom is -0.250 e. The van der Waals surface area contributed by atoms with Gasteiger partial charge in [0, 0.05) is 20.8 Å². The SMILES string of the molecule is CCC1(CF)C(F)(F)C2(C(C)(F)F)C(F)(F)C(F)(C(C)(F)F)C(F)(F)C(C(C)(F)F)(C1(F)F)C2(F)F. The van der Waals surface area contributed by atoms with Crippen LogP contribution in [0.2, 0.25) is 0 Å². The largest absolute Gasteiger partial charge is 0.316 e. The van der Waals surface area contributed by atoms with Crippen LogP contribution in [0.15, 0.2) is 0 Å². The number of rotatable bonds is 5. The first-order valence-corrected chi connectivity index (χ1v) is 9.64. The predicted octanol–water partition coefficient (Wildman–Crippen LogP) is 8.20. The highest BCUT2D eigenvalue weighted by Crippen LogP contribution is 2.91. The van der Waals surface area contributed by atoms with E-state index in [2.05, 4.69) is 0 Å². The van der Waals surface area contributed by atoms with Crippen molar-refractivity contribution in [2.75, 3.05) is 6.67 Å². The topological polar surface area (TPSA) is 0 Å². The summed E-state index contributed by atoms with van der Waals surface area (Å²) in [5.74, 6) is -60.1. The zero-order valence-corrected chi connectivity index (χ0v) is 18.2. The van der Waals surface area contributed by atoms with E-state index in [4.69, 9.17) is 0 Å². The molecule has 0 radical (unpaired) electrons. The lowest BCUT2D eigenvalue weighted by molar-refractivity contribution is -0.598. The molecule has 0 N–H and O–H groups in total. The summed E-state index contributed by atoms with van der Waals surface area (Å²) in [5.41, 5.74) is -29.5. The normalized spacial score (nSPS) is 41.2. The summed E-state index contributed by atoms with van der Waals surface area (Å²) >= 11 is 0. The van der Waals surface area contributed by atoms with Gasteiger partial charge in [-0.2, -0.15) is 0 Å². The lowest BCUT2D eigenvalue weighted by atomic mass is 9.34. The van der Waals surface area contributed by atoms with Gasteiger partial charge >= 0.3 is 17.5 Å². The second-order valence-electron chi connectivity index (χ2n) is 9.26. The molecule has 0 spiro atoms. The van der Waals surface area contributed by atoms with Crippen LogP contribution in [-0.2, 0) is 0 Å². The summed E-state index contributed by atoms with van der Waals surface area (Å²) < 4.78 is 270. The van der Waals surface area contributed by atoms with Gasteiger partial charge in [-0.15, -0.1) is 0 Å². The second kappa shape index (κ2) is 6.84. The fraction of sp³-hybridized carbons (Fsp3) is 1.00. The van der Waals surface area contributed by atoms with Crippen LogP contribution in [0.3, 0.4) is 0 Å². The Hall–Kier alpha value is -1.26. The Morgan fingerprint density at radius 2 is 0.750 bits per heavy atom. The molecule has 2 saturated carbocycles.